The first-order valence-corrected chi connectivity index (χ1v) is 8.38. The fourth-order valence-electron chi connectivity index (χ4n) is 3.13. The molecule has 1 saturated carbocycles. The van der Waals surface area contributed by atoms with Gasteiger partial charge in [0.05, 0.1) is 6.54 Å². The Hall–Kier alpha value is -1.35. The Kier molecular flexibility index (Phi) is 6.24. The fourth-order valence-corrected chi connectivity index (χ4v) is 3.13. The van der Waals surface area contributed by atoms with Gasteiger partial charge in [-0.05, 0) is 36.8 Å². The lowest BCUT2D eigenvalue weighted by Gasteiger charge is -2.23. The number of carbonyl (C=O) groups excluding carboxylic acids is 1. The summed E-state index contributed by atoms with van der Waals surface area (Å²) in [7, 11) is 0. The van der Waals surface area contributed by atoms with Gasteiger partial charge in [0.15, 0.2) is 0 Å². The van der Waals surface area contributed by atoms with Crippen LogP contribution < -0.4 is 10.6 Å². The molecule has 3 heteroatoms. The first-order chi connectivity index (χ1) is 10.2. The molecule has 1 aliphatic carbocycles. The maximum atomic E-state index is 12.2. The van der Waals surface area contributed by atoms with Crippen molar-refractivity contribution in [1.29, 1.82) is 0 Å². The minimum absolute atomic E-state index is 0.0798. The standard InChI is InChI=1S/C18H28N2O/c1-3-14-9-8-10-15(4-2)18(14)20-17(21)13-19-16-11-6-5-7-12-16/h8-10,16,19H,3-7,11-13H2,1-2H3,(H,20,21). The predicted molar refractivity (Wildman–Crippen MR) is 88.7 cm³/mol. The van der Waals surface area contributed by atoms with Gasteiger partial charge in [-0.2, -0.15) is 0 Å². The molecular weight excluding hydrogens is 260 g/mol. The van der Waals surface area contributed by atoms with Crippen LogP contribution >= 0.6 is 0 Å². The first kappa shape index (κ1) is 16.0. The molecule has 1 fully saturated rings. The average molecular weight is 288 g/mol. The topological polar surface area (TPSA) is 41.1 Å². The largest absolute Gasteiger partial charge is 0.324 e. The van der Waals surface area contributed by atoms with Gasteiger partial charge in [-0.15, -0.1) is 0 Å². The Morgan fingerprint density at radius 2 is 1.71 bits per heavy atom. The third kappa shape index (κ3) is 4.57. The Labute approximate surface area is 128 Å². The van der Waals surface area contributed by atoms with Gasteiger partial charge in [-0.25, -0.2) is 0 Å². The van der Waals surface area contributed by atoms with E-state index in [-0.39, 0.29) is 5.91 Å². The van der Waals surface area contributed by atoms with Crippen molar-refractivity contribution < 1.29 is 4.79 Å². The van der Waals surface area contributed by atoms with Gasteiger partial charge in [0.25, 0.3) is 0 Å². The molecule has 0 unspecified atom stereocenters. The number of para-hydroxylation sites is 1. The predicted octanol–water partition coefficient (Wildman–Crippen LogP) is 3.67. The van der Waals surface area contributed by atoms with Crippen molar-refractivity contribution in [1.82, 2.24) is 5.32 Å². The van der Waals surface area contributed by atoms with E-state index in [0.717, 1.165) is 18.5 Å². The Balaban J connectivity index is 1.92. The number of amides is 1. The summed E-state index contributed by atoms with van der Waals surface area (Å²) >= 11 is 0. The van der Waals surface area contributed by atoms with Gasteiger partial charge in [0.2, 0.25) is 5.91 Å². The van der Waals surface area contributed by atoms with Gasteiger partial charge >= 0.3 is 0 Å². The number of benzene rings is 1. The number of carbonyl (C=O) groups is 1. The highest BCUT2D eigenvalue weighted by Gasteiger charge is 2.15. The maximum Gasteiger partial charge on any atom is 0.238 e. The van der Waals surface area contributed by atoms with Crippen LogP contribution in [0.15, 0.2) is 18.2 Å². The highest BCUT2D eigenvalue weighted by atomic mass is 16.1. The maximum absolute atomic E-state index is 12.2. The minimum Gasteiger partial charge on any atom is -0.324 e. The van der Waals surface area contributed by atoms with E-state index in [1.807, 2.05) is 0 Å². The highest BCUT2D eigenvalue weighted by Crippen LogP contribution is 2.22. The average Bonchev–Trinajstić information content (AvgIpc) is 2.54. The van der Waals surface area contributed by atoms with Crippen LogP contribution in [0.2, 0.25) is 0 Å². The molecule has 0 spiro atoms. The van der Waals surface area contributed by atoms with Crippen LogP contribution in [0, 0.1) is 0 Å². The molecule has 0 radical (unpaired) electrons. The van der Waals surface area contributed by atoms with Crippen LogP contribution in [0.3, 0.4) is 0 Å². The summed E-state index contributed by atoms with van der Waals surface area (Å²) in [6.45, 7) is 4.68. The summed E-state index contributed by atoms with van der Waals surface area (Å²) in [4.78, 5) is 12.2. The van der Waals surface area contributed by atoms with Gasteiger partial charge in [0, 0.05) is 11.7 Å². The number of rotatable bonds is 6. The summed E-state index contributed by atoms with van der Waals surface area (Å²) in [5.74, 6) is 0.0798. The fraction of sp³-hybridized carbons (Fsp3) is 0.611. The lowest BCUT2D eigenvalue weighted by atomic mass is 9.95. The van der Waals surface area contributed by atoms with Crippen molar-refractivity contribution in [2.24, 2.45) is 0 Å². The molecule has 21 heavy (non-hydrogen) atoms. The van der Waals surface area contributed by atoms with E-state index in [0.29, 0.717) is 12.6 Å². The van der Waals surface area contributed by atoms with Crippen LogP contribution in [-0.4, -0.2) is 18.5 Å². The molecule has 1 aromatic rings. The molecule has 0 saturated heterocycles. The quantitative estimate of drug-likeness (QED) is 0.838. The molecule has 0 bridgehead atoms. The van der Waals surface area contributed by atoms with Crippen molar-refractivity contribution in [3.05, 3.63) is 29.3 Å². The zero-order valence-electron chi connectivity index (χ0n) is 13.4. The van der Waals surface area contributed by atoms with Crippen molar-refractivity contribution >= 4 is 11.6 Å². The third-order valence-electron chi connectivity index (χ3n) is 4.42. The Bertz CT molecular complexity index is 442. The zero-order chi connectivity index (χ0) is 15.1. The van der Waals surface area contributed by atoms with Gasteiger partial charge in [-0.3, -0.25) is 4.79 Å². The molecule has 1 aromatic carbocycles. The molecule has 116 valence electrons. The van der Waals surface area contributed by atoms with Crippen molar-refractivity contribution in [2.75, 3.05) is 11.9 Å². The van der Waals surface area contributed by atoms with Gasteiger partial charge in [-0.1, -0.05) is 51.3 Å². The second-order valence-corrected chi connectivity index (χ2v) is 5.92. The van der Waals surface area contributed by atoms with E-state index in [1.165, 1.54) is 43.2 Å². The molecule has 1 amide bonds. The molecule has 2 rings (SSSR count). The van der Waals surface area contributed by atoms with Crippen LogP contribution in [-0.2, 0) is 17.6 Å². The number of anilines is 1. The normalized spacial score (nSPS) is 15.9. The van der Waals surface area contributed by atoms with Crippen LogP contribution in [0.5, 0.6) is 0 Å². The molecule has 0 heterocycles. The van der Waals surface area contributed by atoms with E-state index in [9.17, 15) is 4.79 Å². The Morgan fingerprint density at radius 3 is 2.29 bits per heavy atom. The molecule has 0 atom stereocenters. The van der Waals surface area contributed by atoms with Crippen molar-refractivity contribution in [2.45, 2.75) is 64.8 Å². The van der Waals surface area contributed by atoms with Gasteiger partial charge in [0.1, 0.15) is 0 Å². The van der Waals surface area contributed by atoms with Crippen molar-refractivity contribution in [3.63, 3.8) is 0 Å². The molecule has 0 aromatic heterocycles. The minimum atomic E-state index is 0.0798. The lowest BCUT2D eigenvalue weighted by Crippen LogP contribution is -2.37. The summed E-state index contributed by atoms with van der Waals surface area (Å²) in [5.41, 5.74) is 3.47. The van der Waals surface area contributed by atoms with Crippen LogP contribution in [0.1, 0.15) is 57.1 Å². The van der Waals surface area contributed by atoms with E-state index in [2.05, 4.69) is 42.7 Å². The summed E-state index contributed by atoms with van der Waals surface area (Å²) in [6, 6.07) is 6.80. The summed E-state index contributed by atoms with van der Waals surface area (Å²) in [6.07, 6.45) is 8.22. The molecule has 1 aliphatic rings. The third-order valence-corrected chi connectivity index (χ3v) is 4.42. The number of nitrogens with one attached hydrogen (secondary N) is 2. The van der Waals surface area contributed by atoms with Crippen molar-refractivity contribution in [3.8, 4) is 0 Å². The highest BCUT2D eigenvalue weighted by molar-refractivity contribution is 5.93. The first-order valence-electron chi connectivity index (χ1n) is 8.38. The van der Waals surface area contributed by atoms with E-state index >= 15 is 0 Å². The zero-order valence-corrected chi connectivity index (χ0v) is 13.4. The van der Waals surface area contributed by atoms with Crippen LogP contribution in [0.25, 0.3) is 0 Å². The number of hydrogen-bond donors (Lipinski definition) is 2. The monoisotopic (exact) mass is 288 g/mol. The van der Waals surface area contributed by atoms with E-state index in [4.69, 9.17) is 0 Å². The second kappa shape index (κ2) is 8.18. The van der Waals surface area contributed by atoms with Crippen LogP contribution in [0.4, 0.5) is 5.69 Å². The molecule has 3 nitrogen and oxygen atoms in total. The van der Waals surface area contributed by atoms with Gasteiger partial charge < -0.3 is 10.6 Å². The lowest BCUT2D eigenvalue weighted by molar-refractivity contribution is -0.115. The molecule has 2 N–H and O–H groups in total. The summed E-state index contributed by atoms with van der Waals surface area (Å²) < 4.78 is 0. The SMILES string of the molecule is CCc1cccc(CC)c1NC(=O)CNC1CCCCC1. The summed E-state index contributed by atoms with van der Waals surface area (Å²) in [5, 5.41) is 6.52. The number of aryl methyl sites for hydroxylation is 2. The second-order valence-electron chi connectivity index (χ2n) is 5.92. The number of hydrogen-bond acceptors (Lipinski definition) is 2. The smallest absolute Gasteiger partial charge is 0.238 e. The van der Waals surface area contributed by atoms with E-state index in [1.54, 1.807) is 0 Å². The molecule has 0 aliphatic heterocycles. The van der Waals surface area contributed by atoms with E-state index < -0.39 is 0 Å². The molecular formula is C18H28N2O. The Morgan fingerprint density at radius 1 is 1.10 bits per heavy atom.